The van der Waals surface area contributed by atoms with Crippen molar-refractivity contribution in [2.75, 3.05) is 25.0 Å². The molecule has 0 spiro atoms. The minimum Gasteiger partial charge on any atom is -0.338 e. The largest absolute Gasteiger partial charge is 0.434 e. The summed E-state index contributed by atoms with van der Waals surface area (Å²) in [6.07, 6.45) is -0.627. The first-order chi connectivity index (χ1) is 18.1. The zero-order chi connectivity index (χ0) is 27.9. The van der Waals surface area contributed by atoms with Crippen LogP contribution in [0.3, 0.4) is 0 Å². The van der Waals surface area contributed by atoms with Crippen molar-refractivity contribution in [2.45, 2.75) is 26.9 Å². The highest BCUT2D eigenvalue weighted by Crippen LogP contribution is 2.38. The highest BCUT2D eigenvalue weighted by atomic mass is 32.1. The number of aromatic nitrogens is 3. The summed E-state index contributed by atoms with van der Waals surface area (Å²) in [5.74, 6) is -0.572. The molecule has 3 aromatic heterocycles. The van der Waals surface area contributed by atoms with Gasteiger partial charge in [0.1, 0.15) is 10.8 Å². The summed E-state index contributed by atoms with van der Waals surface area (Å²) in [4.78, 5) is 50.1. The lowest BCUT2D eigenvalue weighted by molar-refractivity contribution is -0.140. The molecule has 0 unspecified atom stereocenters. The fourth-order valence-corrected chi connectivity index (χ4v) is 4.12. The van der Waals surface area contributed by atoms with Crippen LogP contribution in [-0.4, -0.2) is 57.5 Å². The lowest BCUT2D eigenvalue weighted by atomic mass is 10.0. The van der Waals surface area contributed by atoms with E-state index in [0.29, 0.717) is 30.8 Å². The molecule has 0 aliphatic carbocycles. The van der Waals surface area contributed by atoms with E-state index in [9.17, 15) is 27.6 Å². The molecule has 0 atom stereocenters. The van der Waals surface area contributed by atoms with Gasteiger partial charge < -0.3 is 10.2 Å². The van der Waals surface area contributed by atoms with Gasteiger partial charge in [0, 0.05) is 60.3 Å². The van der Waals surface area contributed by atoms with Crippen molar-refractivity contribution >= 4 is 35.1 Å². The average molecular weight is 551 g/mol. The number of pyridine rings is 2. The van der Waals surface area contributed by atoms with Gasteiger partial charge in [-0.2, -0.15) is 13.2 Å². The number of thiazole rings is 1. The second kappa shape index (κ2) is 12.3. The van der Waals surface area contributed by atoms with Gasteiger partial charge in [0.2, 0.25) is 0 Å². The summed E-state index contributed by atoms with van der Waals surface area (Å²) in [6.45, 7) is 6.56. The Morgan fingerprint density at radius 1 is 1.00 bits per heavy atom. The molecule has 0 aliphatic rings. The number of rotatable bonds is 7. The molecule has 0 saturated carbocycles. The van der Waals surface area contributed by atoms with Crippen LogP contribution in [0, 0.1) is 0 Å². The van der Waals surface area contributed by atoms with Crippen LogP contribution in [0.1, 0.15) is 36.8 Å². The number of amides is 5. The van der Waals surface area contributed by atoms with Gasteiger partial charge >= 0.3 is 18.2 Å². The lowest BCUT2D eigenvalue weighted by Crippen LogP contribution is -2.48. The minimum atomic E-state index is -4.64. The third-order valence-electron chi connectivity index (χ3n) is 5.15. The first-order valence-corrected chi connectivity index (χ1v) is 12.3. The standard InChI is InChI=1S/C23H25F3N8O3S/c1-4-28-21(36)31-18-8-15(20-30-17(12-38-20)23(24,25)26)16(11-29-18)13-7-14(10-27-9-13)19(35)32-33-22(37)34(5-2)6-3/h7-12H,4-6H2,1-3H3,(H,32,35)(H,33,37)(H2,28,29,31,36). The predicted octanol–water partition coefficient (Wildman–Crippen LogP) is 4.12. The Hall–Kier alpha value is -4.27. The number of hydrazine groups is 1. The molecule has 3 rings (SSSR count). The Morgan fingerprint density at radius 2 is 1.74 bits per heavy atom. The number of carbonyl (C=O) groups excluding carboxylic acids is 3. The molecule has 0 bridgehead atoms. The van der Waals surface area contributed by atoms with Crippen LogP contribution in [0.2, 0.25) is 0 Å². The van der Waals surface area contributed by atoms with Gasteiger partial charge in [-0.25, -0.2) is 25.0 Å². The van der Waals surface area contributed by atoms with Gasteiger partial charge in [-0.1, -0.05) is 0 Å². The van der Waals surface area contributed by atoms with Crippen molar-refractivity contribution in [3.05, 3.63) is 47.4 Å². The molecule has 5 amide bonds. The number of anilines is 1. The summed E-state index contributed by atoms with van der Waals surface area (Å²) in [6, 6.07) is 1.81. The minimum absolute atomic E-state index is 0.0232. The van der Waals surface area contributed by atoms with E-state index in [-0.39, 0.29) is 22.0 Å². The maximum atomic E-state index is 13.2. The number of urea groups is 2. The Balaban J connectivity index is 1.96. The normalized spacial score (nSPS) is 11.0. The second-order valence-electron chi connectivity index (χ2n) is 7.65. The Bertz CT molecular complexity index is 1310. The van der Waals surface area contributed by atoms with Gasteiger partial charge in [-0.3, -0.25) is 20.5 Å². The number of hydrogen-bond donors (Lipinski definition) is 4. The Labute approximate surface area is 219 Å². The molecule has 0 aliphatic heterocycles. The number of alkyl halides is 3. The van der Waals surface area contributed by atoms with Gasteiger partial charge in [-0.05, 0) is 32.9 Å². The first kappa shape index (κ1) is 28.3. The molecule has 202 valence electrons. The van der Waals surface area contributed by atoms with Crippen molar-refractivity contribution in [3.8, 4) is 21.7 Å². The molecule has 0 radical (unpaired) electrons. The van der Waals surface area contributed by atoms with Crippen LogP contribution in [0.25, 0.3) is 21.7 Å². The molecular weight excluding hydrogens is 525 g/mol. The zero-order valence-electron chi connectivity index (χ0n) is 20.6. The maximum absolute atomic E-state index is 13.2. The third kappa shape index (κ3) is 6.94. The molecule has 4 N–H and O–H groups in total. The molecule has 3 heterocycles. The molecule has 0 fully saturated rings. The van der Waals surface area contributed by atoms with Crippen molar-refractivity contribution < 1.29 is 27.6 Å². The van der Waals surface area contributed by atoms with Crippen LogP contribution in [0.15, 0.2) is 36.1 Å². The summed E-state index contributed by atoms with van der Waals surface area (Å²) >= 11 is 0.766. The second-order valence-corrected chi connectivity index (χ2v) is 8.51. The highest BCUT2D eigenvalue weighted by molar-refractivity contribution is 7.13. The molecule has 0 saturated heterocycles. The van der Waals surface area contributed by atoms with E-state index in [1.165, 1.54) is 35.6 Å². The van der Waals surface area contributed by atoms with E-state index in [1.54, 1.807) is 20.8 Å². The topological polar surface area (TPSA) is 141 Å². The smallest absolute Gasteiger partial charge is 0.338 e. The van der Waals surface area contributed by atoms with E-state index < -0.39 is 29.8 Å². The number of nitrogens with zero attached hydrogens (tertiary/aromatic N) is 4. The number of carbonyl (C=O) groups is 3. The summed E-state index contributed by atoms with van der Waals surface area (Å²) in [5, 5.41) is 5.96. The fourth-order valence-electron chi connectivity index (χ4n) is 3.26. The Kier molecular flexibility index (Phi) is 9.17. The molecule has 0 aromatic carbocycles. The van der Waals surface area contributed by atoms with Crippen LogP contribution >= 0.6 is 11.3 Å². The highest BCUT2D eigenvalue weighted by Gasteiger charge is 2.34. The predicted molar refractivity (Wildman–Crippen MR) is 135 cm³/mol. The van der Waals surface area contributed by atoms with Crippen LogP contribution in [-0.2, 0) is 6.18 Å². The van der Waals surface area contributed by atoms with Gasteiger partial charge in [-0.15, -0.1) is 11.3 Å². The molecule has 3 aromatic rings. The van der Waals surface area contributed by atoms with Crippen LogP contribution in [0.5, 0.6) is 0 Å². The van der Waals surface area contributed by atoms with Gasteiger partial charge in [0.25, 0.3) is 5.91 Å². The number of hydrogen-bond acceptors (Lipinski definition) is 7. The van der Waals surface area contributed by atoms with Gasteiger partial charge in [0.05, 0.1) is 5.56 Å². The quantitative estimate of drug-likeness (QED) is 0.326. The molecule has 11 nitrogen and oxygen atoms in total. The Morgan fingerprint density at radius 3 is 2.37 bits per heavy atom. The summed E-state index contributed by atoms with van der Waals surface area (Å²) in [7, 11) is 0. The van der Waals surface area contributed by atoms with E-state index in [1.807, 2.05) is 0 Å². The third-order valence-corrected chi connectivity index (χ3v) is 6.03. The summed E-state index contributed by atoms with van der Waals surface area (Å²) in [5.41, 5.74) is 4.55. The molecule has 38 heavy (non-hydrogen) atoms. The van der Waals surface area contributed by atoms with E-state index in [4.69, 9.17) is 0 Å². The SMILES string of the molecule is CCNC(=O)Nc1cc(-c2nc(C(F)(F)F)cs2)c(-c2cncc(C(=O)NNC(=O)N(CC)CC)c2)cn1. The summed E-state index contributed by atoms with van der Waals surface area (Å²) < 4.78 is 39.7. The first-order valence-electron chi connectivity index (χ1n) is 11.5. The molecule has 15 heteroatoms. The van der Waals surface area contributed by atoms with Crippen LogP contribution < -0.4 is 21.5 Å². The van der Waals surface area contributed by atoms with E-state index in [2.05, 4.69) is 36.4 Å². The number of halogens is 3. The maximum Gasteiger partial charge on any atom is 0.434 e. The lowest BCUT2D eigenvalue weighted by Gasteiger charge is -2.19. The zero-order valence-corrected chi connectivity index (χ0v) is 21.5. The monoisotopic (exact) mass is 550 g/mol. The molecular formula is C23H25F3N8O3S. The van der Waals surface area contributed by atoms with Crippen molar-refractivity contribution in [2.24, 2.45) is 0 Å². The van der Waals surface area contributed by atoms with Gasteiger partial charge in [0.15, 0.2) is 5.69 Å². The van der Waals surface area contributed by atoms with E-state index >= 15 is 0 Å². The fraction of sp³-hybridized carbons (Fsp3) is 0.304. The van der Waals surface area contributed by atoms with Crippen molar-refractivity contribution in [3.63, 3.8) is 0 Å². The van der Waals surface area contributed by atoms with Crippen molar-refractivity contribution in [1.82, 2.24) is 36.0 Å². The van der Waals surface area contributed by atoms with Crippen molar-refractivity contribution in [1.29, 1.82) is 0 Å². The number of nitrogens with one attached hydrogen (secondary N) is 4. The average Bonchev–Trinajstić information content (AvgIpc) is 3.39. The van der Waals surface area contributed by atoms with Crippen LogP contribution in [0.4, 0.5) is 28.6 Å². The van der Waals surface area contributed by atoms with E-state index in [0.717, 1.165) is 16.7 Å².